The molecule has 0 unspecified atom stereocenters. The number of amides is 1. The molecule has 0 radical (unpaired) electrons. The van der Waals surface area contributed by atoms with Gasteiger partial charge in [0.1, 0.15) is 5.82 Å². The number of benzene rings is 2. The molecule has 0 aliphatic rings. The highest BCUT2D eigenvalue weighted by Gasteiger charge is 2.32. The summed E-state index contributed by atoms with van der Waals surface area (Å²) in [5.41, 5.74) is -0.657. The van der Waals surface area contributed by atoms with Crippen molar-refractivity contribution in [1.29, 1.82) is 0 Å². The van der Waals surface area contributed by atoms with Gasteiger partial charge in [0, 0.05) is 24.8 Å². The molecule has 2 aromatic carbocycles. The SMILES string of the molecule is CC(C)(CNC(=O)CCc1ncc(-c2ccccc2F)o1)c1cccc(C(F)(F)F)c1. The molecule has 1 N–H and O–H groups in total. The smallest absolute Gasteiger partial charge is 0.416 e. The Morgan fingerprint density at radius 1 is 1.06 bits per heavy atom. The van der Waals surface area contributed by atoms with Gasteiger partial charge in [-0.2, -0.15) is 13.2 Å². The summed E-state index contributed by atoms with van der Waals surface area (Å²) in [5, 5.41) is 2.75. The van der Waals surface area contributed by atoms with Crippen molar-refractivity contribution in [2.24, 2.45) is 0 Å². The summed E-state index contributed by atoms with van der Waals surface area (Å²) in [6.45, 7) is 3.69. The average molecular weight is 434 g/mol. The monoisotopic (exact) mass is 434 g/mol. The van der Waals surface area contributed by atoms with Crippen LogP contribution in [0.2, 0.25) is 0 Å². The van der Waals surface area contributed by atoms with Crippen molar-refractivity contribution in [3.8, 4) is 11.3 Å². The first kappa shape index (κ1) is 22.5. The highest BCUT2D eigenvalue weighted by atomic mass is 19.4. The lowest BCUT2D eigenvalue weighted by atomic mass is 9.83. The van der Waals surface area contributed by atoms with Crippen molar-refractivity contribution in [2.45, 2.75) is 38.3 Å². The topological polar surface area (TPSA) is 55.1 Å². The van der Waals surface area contributed by atoms with Gasteiger partial charge in [0.2, 0.25) is 5.91 Å². The average Bonchev–Trinajstić information content (AvgIpc) is 3.19. The molecule has 0 aliphatic heterocycles. The lowest BCUT2D eigenvalue weighted by Gasteiger charge is -2.26. The lowest BCUT2D eigenvalue weighted by Crippen LogP contribution is -2.37. The number of hydrogen-bond donors (Lipinski definition) is 1. The van der Waals surface area contributed by atoms with Crippen LogP contribution < -0.4 is 5.32 Å². The van der Waals surface area contributed by atoms with E-state index in [0.29, 0.717) is 11.5 Å². The van der Waals surface area contributed by atoms with E-state index < -0.39 is 23.0 Å². The van der Waals surface area contributed by atoms with Gasteiger partial charge >= 0.3 is 6.18 Å². The third kappa shape index (κ3) is 5.71. The number of oxazole rings is 1. The van der Waals surface area contributed by atoms with Gasteiger partial charge in [0.25, 0.3) is 0 Å². The van der Waals surface area contributed by atoms with Crippen LogP contribution in [0.5, 0.6) is 0 Å². The van der Waals surface area contributed by atoms with Crippen LogP contribution in [0.15, 0.2) is 59.1 Å². The number of hydrogen-bond acceptors (Lipinski definition) is 3. The van der Waals surface area contributed by atoms with E-state index in [-0.39, 0.29) is 36.6 Å². The quantitative estimate of drug-likeness (QED) is 0.498. The van der Waals surface area contributed by atoms with E-state index in [4.69, 9.17) is 4.42 Å². The van der Waals surface area contributed by atoms with Crippen molar-refractivity contribution in [2.75, 3.05) is 6.54 Å². The standard InChI is InChI=1S/C23H22F4N2O2/c1-22(2,15-6-5-7-16(12-15)23(25,26)27)14-29-20(30)10-11-21-28-13-19(31-21)17-8-3-4-9-18(17)24/h3-9,12-13H,10-11,14H2,1-2H3,(H,29,30). The first-order valence-corrected chi connectivity index (χ1v) is 9.70. The number of aryl methyl sites for hydroxylation is 1. The zero-order valence-corrected chi connectivity index (χ0v) is 17.1. The van der Waals surface area contributed by atoms with Crippen LogP contribution in [0.25, 0.3) is 11.3 Å². The van der Waals surface area contributed by atoms with Crippen molar-refractivity contribution in [3.63, 3.8) is 0 Å². The van der Waals surface area contributed by atoms with Crippen molar-refractivity contribution >= 4 is 5.91 Å². The molecule has 0 saturated carbocycles. The van der Waals surface area contributed by atoms with E-state index in [1.165, 1.54) is 18.3 Å². The summed E-state index contributed by atoms with van der Waals surface area (Å²) in [5.74, 6) is -0.143. The summed E-state index contributed by atoms with van der Waals surface area (Å²) >= 11 is 0. The summed E-state index contributed by atoms with van der Waals surface area (Å²) in [6.07, 6.45) is -2.73. The lowest BCUT2D eigenvalue weighted by molar-refractivity contribution is -0.137. The highest BCUT2D eigenvalue weighted by molar-refractivity contribution is 5.76. The molecule has 0 bridgehead atoms. The van der Waals surface area contributed by atoms with Gasteiger partial charge in [-0.1, -0.05) is 44.2 Å². The maximum atomic E-state index is 13.8. The number of alkyl halides is 3. The molecular formula is C23H22F4N2O2. The predicted molar refractivity (Wildman–Crippen MR) is 108 cm³/mol. The number of rotatable bonds is 7. The Morgan fingerprint density at radius 3 is 2.48 bits per heavy atom. The zero-order valence-electron chi connectivity index (χ0n) is 17.1. The largest absolute Gasteiger partial charge is 0.441 e. The Balaban J connectivity index is 1.55. The maximum Gasteiger partial charge on any atom is 0.416 e. The van der Waals surface area contributed by atoms with Gasteiger partial charge in [-0.25, -0.2) is 9.37 Å². The zero-order chi connectivity index (χ0) is 22.6. The summed E-state index contributed by atoms with van der Waals surface area (Å²) in [7, 11) is 0. The second-order valence-corrected chi connectivity index (χ2v) is 7.84. The molecule has 164 valence electrons. The Bertz CT molecular complexity index is 1060. The van der Waals surface area contributed by atoms with Crippen molar-refractivity contribution in [3.05, 3.63) is 77.6 Å². The molecule has 3 rings (SSSR count). The minimum atomic E-state index is -4.42. The Labute approximate surface area is 177 Å². The Morgan fingerprint density at radius 2 is 1.77 bits per heavy atom. The normalized spacial score (nSPS) is 12.1. The number of nitrogens with zero attached hydrogens (tertiary/aromatic N) is 1. The number of carbonyl (C=O) groups excluding carboxylic acids is 1. The molecule has 8 heteroatoms. The third-order valence-electron chi connectivity index (χ3n) is 4.96. The van der Waals surface area contributed by atoms with Gasteiger partial charge in [0.05, 0.1) is 17.3 Å². The molecule has 0 spiro atoms. The molecule has 1 amide bonds. The van der Waals surface area contributed by atoms with Gasteiger partial charge in [-0.3, -0.25) is 4.79 Å². The Hall–Kier alpha value is -3.16. The van der Waals surface area contributed by atoms with Crippen molar-refractivity contribution < 1.29 is 26.8 Å². The molecule has 1 heterocycles. The molecule has 31 heavy (non-hydrogen) atoms. The van der Waals surface area contributed by atoms with Crippen LogP contribution in [-0.4, -0.2) is 17.4 Å². The van der Waals surface area contributed by atoms with Crippen LogP contribution in [0.1, 0.15) is 37.3 Å². The fourth-order valence-electron chi connectivity index (χ4n) is 3.06. The molecule has 0 fully saturated rings. The van der Waals surface area contributed by atoms with Gasteiger partial charge in [-0.05, 0) is 23.8 Å². The number of aromatic nitrogens is 1. The van der Waals surface area contributed by atoms with Crippen LogP contribution in [0.3, 0.4) is 0 Å². The Kier molecular flexibility index (Phi) is 6.48. The molecular weight excluding hydrogens is 412 g/mol. The van der Waals surface area contributed by atoms with Gasteiger partial charge in [-0.15, -0.1) is 0 Å². The second kappa shape index (κ2) is 8.91. The number of carbonyl (C=O) groups is 1. The molecule has 1 aromatic heterocycles. The van der Waals surface area contributed by atoms with Crippen LogP contribution in [0, 0.1) is 5.82 Å². The van der Waals surface area contributed by atoms with Crippen LogP contribution in [-0.2, 0) is 22.8 Å². The first-order chi connectivity index (χ1) is 14.6. The second-order valence-electron chi connectivity index (χ2n) is 7.84. The maximum absolute atomic E-state index is 13.8. The van der Waals surface area contributed by atoms with E-state index in [9.17, 15) is 22.4 Å². The fraction of sp³-hybridized carbons (Fsp3) is 0.304. The number of nitrogens with one attached hydrogen (secondary N) is 1. The summed E-state index contributed by atoms with van der Waals surface area (Å²) in [4.78, 5) is 16.3. The third-order valence-corrected chi connectivity index (χ3v) is 4.96. The van der Waals surface area contributed by atoms with Crippen LogP contribution in [0.4, 0.5) is 17.6 Å². The minimum absolute atomic E-state index is 0.0793. The highest BCUT2D eigenvalue weighted by Crippen LogP contribution is 2.32. The van der Waals surface area contributed by atoms with Crippen molar-refractivity contribution in [1.82, 2.24) is 10.3 Å². The molecule has 0 aliphatic carbocycles. The molecule has 3 aromatic rings. The first-order valence-electron chi connectivity index (χ1n) is 9.70. The van der Waals surface area contributed by atoms with E-state index >= 15 is 0 Å². The predicted octanol–water partition coefficient (Wildman–Crippen LogP) is 5.53. The molecule has 0 atom stereocenters. The summed E-state index contributed by atoms with van der Waals surface area (Å²) in [6, 6.07) is 11.2. The van der Waals surface area contributed by atoms with E-state index in [2.05, 4.69) is 10.3 Å². The minimum Gasteiger partial charge on any atom is -0.441 e. The van der Waals surface area contributed by atoms with E-state index in [1.54, 1.807) is 38.1 Å². The van der Waals surface area contributed by atoms with Crippen LogP contribution >= 0.6 is 0 Å². The van der Waals surface area contributed by atoms with E-state index in [1.807, 2.05) is 0 Å². The fourth-order valence-corrected chi connectivity index (χ4v) is 3.06. The molecule has 4 nitrogen and oxygen atoms in total. The van der Waals surface area contributed by atoms with E-state index in [0.717, 1.165) is 12.1 Å². The van der Waals surface area contributed by atoms with Gasteiger partial charge in [0.15, 0.2) is 11.7 Å². The van der Waals surface area contributed by atoms with Gasteiger partial charge < -0.3 is 9.73 Å². The molecule has 0 saturated heterocycles. The number of halogens is 4. The summed E-state index contributed by atoms with van der Waals surface area (Å²) < 4.78 is 58.2.